The number of carbonyl (C=O) groups excluding carboxylic acids is 4. The summed E-state index contributed by atoms with van der Waals surface area (Å²) in [7, 11) is 1.55. The van der Waals surface area contributed by atoms with Gasteiger partial charge in [0.25, 0.3) is 0 Å². The van der Waals surface area contributed by atoms with Crippen LogP contribution in [0.5, 0.6) is 28.7 Å². The van der Waals surface area contributed by atoms with E-state index in [9.17, 15) is 29.4 Å². The highest BCUT2D eigenvalue weighted by Gasteiger charge is 2.21. The van der Waals surface area contributed by atoms with Gasteiger partial charge in [-0.15, -0.1) is 0 Å². The lowest BCUT2D eigenvalue weighted by atomic mass is 10.1. The Labute approximate surface area is 338 Å². The first-order valence-corrected chi connectivity index (χ1v) is 19.6. The number of nitrogens with zero attached hydrogens (tertiary/aromatic N) is 3. The molecule has 14 heteroatoms. The van der Waals surface area contributed by atoms with Crippen molar-refractivity contribution in [3.8, 4) is 62.9 Å². The Hall–Kier alpha value is -6.05. The predicted octanol–water partition coefficient (Wildman–Crippen LogP) is 7.99. The van der Waals surface area contributed by atoms with E-state index in [0.717, 1.165) is 38.5 Å². The lowest BCUT2D eigenvalue weighted by Gasteiger charge is -2.15. The monoisotopic (exact) mass is 799 g/mol. The van der Waals surface area contributed by atoms with Crippen LogP contribution in [-0.4, -0.2) is 81.2 Å². The van der Waals surface area contributed by atoms with Crippen LogP contribution in [0.25, 0.3) is 34.2 Å². The maximum absolute atomic E-state index is 12.6. The number of Topliss-reactive ketones (excluding diaryl/α,β-unsaturated/α-hetero) is 2. The second-order valence-electron chi connectivity index (χ2n) is 13.9. The molecule has 58 heavy (non-hydrogen) atoms. The Balaban J connectivity index is 1.32. The van der Waals surface area contributed by atoms with Crippen LogP contribution in [0.4, 0.5) is 0 Å². The molecule has 0 aliphatic heterocycles. The third kappa shape index (κ3) is 14.2. The molecule has 2 atom stereocenters. The number of ether oxygens (including phenoxy) is 5. The van der Waals surface area contributed by atoms with E-state index in [0.29, 0.717) is 37.0 Å². The van der Waals surface area contributed by atoms with E-state index in [1.165, 1.54) is 26.0 Å². The van der Waals surface area contributed by atoms with E-state index >= 15 is 0 Å². The summed E-state index contributed by atoms with van der Waals surface area (Å²) in [5, 5.41) is 22.1. The molecule has 1 heterocycles. The number of rotatable bonds is 24. The number of hydrogen-bond acceptors (Lipinski definition) is 14. The van der Waals surface area contributed by atoms with Gasteiger partial charge in [-0.1, -0.05) is 25.7 Å². The number of carbonyl (C=O) groups is 4. The SMILES string of the molecule is COc1ccc(-c2nc(-c3ccc(OC(C)C(C)=O)cc3O)nc(-c3ccc(OC(C)C(=O)OCCCCOC(=O)CCCCCCCCC(C)=O)cc3O)n2)cc1. The summed E-state index contributed by atoms with van der Waals surface area (Å²) >= 11 is 0. The summed E-state index contributed by atoms with van der Waals surface area (Å²) in [6.45, 7) is 6.53. The molecule has 1 aromatic heterocycles. The minimum atomic E-state index is -0.990. The first-order valence-electron chi connectivity index (χ1n) is 19.6. The zero-order valence-electron chi connectivity index (χ0n) is 33.8. The first kappa shape index (κ1) is 44.7. The van der Waals surface area contributed by atoms with Crippen molar-refractivity contribution in [2.24, 2.45) is 0 Å². The van der Waals surface area contributed by atoms with E-state index < -0.39 is 18.2 Å². The highest BCUT2D eigenvalue weighted by atomic mass is 16.6. The highest BCUT2D eigenvalue weighted by Crippen LogP contribution is 2.36. The number of phenols is 2. The highest BCUT2D eigenvalue weighted by molar-refractivity contribution is 5.80. The van der Waals surface area contributed by atoms with Gasteiger partial charge in [-0.3, -0.25) is 9.59 Å². The minimum Gasteiger partial charge on any atom is -0.507 e. The second-order valence-corrected chi connectivity index (χ2v) is 13.9. The average Bonchev–Trinajstić information content (AvgIpc) is 3.19. The summed E-state index contributed by atoms with van der Waals surface area (Å²) in [4.78, 5) is 61.1. The number of esters is 2. The fourth-order valence-electron chi connectivity index (χ4n) is 5.68. The minimum absolute atomic E-state index is 0.0940. The summed E-state index contributed by atoms with van der Waals surface area (Å²) in [5.74, 6) is 0.340. The van der Waals surface area contributed by atoms with Gasteiger partial charge in [0.1, 0.15) is 34.5 Å². The molecule has 0 bridgehead atoms. The van der Waals surface area contributed by atoms with Crippen LogP contribution in [0.3, 0.4) is 0 Å². The molecule has 0 fully saturated rings. The fraction of sp³-hybridized carbons (Fsp3) is 0.432. The van der Waals surface area contributed by atoms with Crippen molar-refractivity contribution in [1.82, 2.24) is 15.0 Å². The van der Waals surface area contributed by atoms with Crippen LogP contribution < -0.4 is 14.2 Å². The molecule has 0 saturated carbocycles. The zero-order valence-corrected chi connectivity index (χ0v) is 33.8. The molecule has 14 nitrogen and oxygen atoms in total. The quantitative estimate of drug-likeness (QED) is 0.0511. The van der Waals surface area contributed by atoms with Gasteiger partial charge >= 0.3 is 11.9 Å². The Morgan fingerprint density at radius 3 is 1.59 bits per heavy atom. The molecular formula is C44H53N3O11. The maximum Gasteiger partial charge on any atom is 0.347 e. The van der Waals surface area contributed by atoms with E-state index in [4.69, 9.17) is 23.7 Å². The number of benzene rings is 3. The van der Waals surface area contributed by atoms with Crippen LogP contribution in [0.1, 0.15) is 91.9 Å². The number of ketones is 2. The number of aromatic nitrogens is 3. The number of methoxy groups -OCH3 is 1. The molecular weight excluding hydrogens is 746 g/mol. The van der Waals surface area contributed by atoms with Crippen molar-refractivity contribution in [1.29, 1.82) is 0 Å². The summed E-state index contributed by atoms with van der Waals surface area (Å²) in [6, 6.07) is 16.0. The fourth-order valence-corrected chi connectivity index (χ4v) is 5.68. The molecule has 310 valence electrons. The van der Waals surface area contributed by atoms with Crippen LogP contribution in [0.2, 0.25) is 0 Å². The van der Waals surface area contributed by atoms with Gasteiger partial charge in [0, 0.05) is 30.5 Å². The van der Waals surface area contributed by atoms with Crippen LogP contribution in [0, 0.1) is 0 Å². The molecule has 0 spiro atoms. The van der Waals surface area contributed by atoms with Crippen LogP contribution in [-0.2, 0) is 28.7 Å². The average molecular weight is 800 g/mol. The van der Waals surface area contributed by atoms with Gasteiger partial charge in [-0.2, -0.15) is 0 Å². The van der Waals surface area contributed by atoms with Crippen molar-refractivity contribution >= 4 is 23.5 Å². The Bertz CT molecular complexity index is 2000. The molecule has 0 amide bonds. The standard InChI is InChI=1S/C44H53N3O11/c1-28(48)14-10-8-6-7-9-11-15-40(52)55-24-12-13-25-56-44(53)31(4)58-35-21-23-37(39(51)27-35)43-46-41(32-16-18-33(54-5)19-17-32)45-42(47-43)36-22-20-34(26-38(36)50)57-30(3)29(2)49/h16-23,26-27,30-31,50-51H,6-15,24-25H2,1-5H3. The van der Waals surface area contributed by atoms with E-state index in [1.807, 2.05) is 0 Å². The Morgan fingerprint density at radius 2 is 1.07 bits per heavy atom. The third-order valence-corrected chi connectivity index (χ3v) is 9.14. The zero-order chi connectivity index (χ0) is 42.0. The lowest BCUT2D eigenvalue weighted by molar-refractivity contribution is -0.151. The van der Waals surface area contributed by atoms with Gasteiger partial charge in [-0.05, 0) is 102 Å². The van der Waals surface area contributed by atoms with Crippen LogP contribution >= 0.6 is 0 Å². The molecule has 2 N–H and O–H groups in total. The van der Waals surface area contributed by atoms with Gasteiger partial charge in [-0.25, -0.2) is 19.7 Å². The normalized spacial score (nSPS) is 11.9. The largest absolute Gasteiger partial charge is 0.507 e. The Kier molecular flexibility index (Phi) is 17.4. The van der Waals surface area contributed by atoms with E-state index in [1.54, 1.807) is 69.5 Å². The molecule has 2 unspecified atom stereocenters. The van der Waals surface area contributed by atoms with Crippen molar-refractivity contribution in [3.63, 3.8) is 0 Å². The summed E-state index contributed by atoms with van der Waals surface area (Å²) in [6.07, 6.45) is 6.11. The van der Waals surface area contributed by atoms with E-state index in [-0.39, 0.29) is 82.3 Å². The molecule has 4 aromatic rings. The smallest absolute Gasteiger partial charge is 0.347 e. The van der Waals surface area contributed by atoms with Gasteiger partial charge < -0.3 is 38.7 Å². The molecule has 0 aliphatic carbocycles. The molecule has 0 aliphatic rings. The number of phenolic OH excluding ortho intramolecular Hbond substituents is 2. The summed E-state index contributed by atoms with van der Waals surface area (Å²) in [5.41, 5.74) is 1.10. The van der Waals surface area contributed by atoms with Crippen molar-refractivity contribution in [2.45, 2.75) is 104 Å². The van der Waals surface area contributed by atoms with Crippen molar-refractivity contribution in [2.75, 3.05) is 20.3 Å². The summed E-state index contributed by atoms with van der Waals surface area (Å²) < 4.78 is 27.3. The molecule has 0 radical (unpaired) electrons. The number of hydrogen-bond donors (Lipinski definition) is 2. The van der Waals surface area contributed by atoms with Crippen LogP contribution in [0.15, 0.2) is 60.7 Å². The maximum atomic E-state index is 12.6. The van der Waals surface area contributed by atoms with Crippen molar-refractivity contribution < 1.29 is 53.1 Å². The first-order chi connectivity index (χ1) is 27.8. The number of aromatic hydroxyl groups is 2. The molecule has 0 saturated heterocycles. The molecule has 3 aromatic carbocycles. The van der Waals surface area contributed by atoms with Crippen molar-refractivity contribution in [3.05, 3.63) is 60.7 Å². The Morgan fingerprint density at radius 1 is 0.586 bits per heavy atom. The number of unbranched alkanes of at least 4 members (excludes halogenated alkanes) is 6. The predicted molar refractivity (Wildman–Crippen MR) is 216 cm³/mol. The second kappa shape index (κ2) is 22.6. The van der Waals surface area contributed by atoms with Gasteiger partial charge in [0.15, 0.2) is 35.5 Å². The lowest BCUT2D eigenvalue weighted by Crippen LogP contribution is -2.26. The molecule has 4 rings (SSSR count). The topological polar surface area (TPSA) is 194 Å². The van der Waals surface area contributed by atoms with Gasteiger partial charge in [0.2, 0.25) is 0 Å². The van der Waals surface area contributed by atoms with Gasteiger partial charge in [0.05, 0.1) is 31.5 Å². The van der Waals surface area contributed by atoms with E-state index in [2.05, 4.69) is 15.0 Å². The third-order valence-electron chi connectivity index (χ3n) is 9.14.